The van der Waals surface area contributed by atoms with Gasteiger partial charge in [-0.05, 0) is 44.3 Å². The number of esters is 1. The highest BCUT2D eigenvalue weighted by molar-refractivity contribution is 7.09. The molecule has 0 amide bonds. The number of hydrogen-bond donors (Lipinski definition) is 2. The monoisotopic (exact) mass is 493 g/mol. The summed E-state index contributed by atoms with van der Waals surface area (Å²) in [5, 5.41) is 24.5. The molecule has 0 saturated carbocycles. The van der Waals surface area contributed by atoms with Gasteiger partial charge in [0.2, 0.25) is 0 Å². The van der Waals surface area contributed by atoms with Crippen LogP contribution >= 0.6 is 11.3 Å². The van der Waals surface area contributed by atoms with Crippen LogP contribution in [0, 0.1) is 24.2 Å². The molecule has 190 valence electrons. The maximum absolute atomic E-state index is 13.2. The lowest BCUT2D eigenvalue weighted by Gasteiger charge is -2.34. The van der Waals surface area contributed by atoms with Crippen molar-refractivity contribution in [2.45, 2.75) is 104 Å². The molecule has 7 atom stereocenters. The molecule has 34 heavy (non-hydrogen) atoms. The molecule has 0 spiro atoms. The number of epoxide rings is 1. The van der Waals surface area contributed by atoms with Gasteiger partial charge in [-0.15, -0.1) is 11.3 Å². The predicted octanol–water partition coefficient (Wildman–Crippen LogP) is 4.09. The molecule has 0 aromatic carbocycles. The van der Waals surface area contributed by atoms with Gasteiger partial charge in [0.1, 0.15) is 11.9 Å². The fourth-order valence-electron chi connectivity index (χ4n) is 4.78. The number of aliphatic hydroxyl groups excluding tert-OH is 2. The van der Waals surface area contributed by atoms with Crippen molar-refractivity contribution in [3.8, 4) is 0 Å². The van der Waals surface area contributed by atoms with Crippen molar-refractivity contribution in [3.05, 3.63) is 21.7 Å². The number of thiazole rings is 1. The third-order valence-electron chi connectivity index (χ3n) is 7.41. The van der Waals surface area contributed by atoms with Gasteiger partial charge in [-0.2, -0.15) is 0 Å². The zero-order chi connectivity index (χ0) is 25.2. The molecule has 2 aliphatic heterocycles. The van der Waals surface area contributed by atoms with Gasteiger partial charge in [-0.3, -0.25) is 9.59 Å². The molecule has 1 aromatic heterocycles. The Morgan fingerprint density at radius 2 is 1.91 bits per heavy atom. The van der Waals surface area contributed by atoms with E-state index in [0.717, 1.165) is 35.5 Å². The molecule has 0 aliphatic carbocycles. The Labute approximate surface area is 206 Å². The zero-order valence-corrected chi connectivity index (χ0v) is 21.9. The van der Waals surface area contributed by atoms with Crippen LogP contribution in [0.4, 0.5) is 0 Å². The van der Waals surface area contributed by atoms with Crippen LogP contribution in [0.25, 0.3) is 6.08 Å². The van der Waals surface area contributed by atoms with E-state index in [0.29, 0.717) is 6.42 Å². The van der Waals surface area contributed by atoms with Gasteiger partial charge >= 0.3 is 5.97 Å². The van der Waals surface area contributed by atoms with E-state index in [1.54, 1.807) is 32.1 Å². The highest BCUT2D eigenvalue weighted by Gasteiger charge is 2.44. The van der Waals surface area contributed by atoms with E-state index in [9.17, 15) is 19.8 Å². The van der Waals surface area contributed by atoms with Crippen molar-refractivity contribution in [3.63, 3.8) is 0 Å². The van der Waals surface area contributed by atoms with Gasteiger partial charge in [-0.25, -0.2) is 4.98 Å². The summed E-state index contributed by atoms with van der Waals surface area (Å²) in [5.74, 6) is -1.52. The van der Waals surface area contributed by atoms with Crippen molar-refractivity contribution in [1.29, 1.82) is 0 Å². The minimum atomic E-state index is -1.22. The van der Waals surface area contributed by atoms with E-state index in [-0.39, 0.29) is 30.3 Å². The van der Waals surface area contributed by atoms with Crippen molar-refractivity contribution in [2.24, 2.45) is 17.3 Å². The van der Waals surface area contributed by atoms with Gasteiger partial charge in [0.25, 0.3) is 0 Å². The highest BCUT2D eigenvalue weighted by atomic mass is 32.1. The van der Waals surface area contributed by atoms with Gasteiger partial charge in [0.05, 0.1) is 47.0 Å². The second-order valence-corrected chi connectivity index (χ2v) is 11.7. The van der Waals surface area contributed by atoms with E-state index >= 15 is 0 Å². The lowest BCUT2D eigenvalue weighted by Crippen LogP contribution is -2.45. The van der Waals surface area contributed by atoms with Gasteiger partial charge < -0.3 is 19.7 Å². The number of aromatic nitrogens is 1. The lowest BCUT2D eigenvalue weighted by atomic mass is 9.73. The van der Waals surface area contributed by atoms with E-state index in [1.807, 2.05) is 32.2 Å². The summed E-state index contributed by atoms with van der Waals surface area (Å²) >= 11 is 1.56. The van der Waals surface area contributed by atoms with Crippen molar-refractivity contribution in [2.75, 3.05) is 0 Å². The summed E-state index contributed by atoms with van der Waals surface area (Å²) in [6.45, 7) is 10.8. The number of cyclic esters (lactones) is 1. The Morgan fingerprint density at radius 1 is 1.21 bits per heavy atom. The summed E-state index contributed by atoms with van der Waals surface area (Å²) in [7, 11) is 0. The Bertz CT molecular complexity index is 909. The van der Waals surface area contributed by atoms with Crippen LogP contribution in [0.1, 0.15) is 77.4 Å². The molecule has 2 fully saturated rings. The lowest BCUT2D eigenvalue weighted by molar-refractivity contribution is -0.154. The van der Waals surface area contributed by atoms with Crippen LogP contribution in [0.5, 0.6) is 0 Å². The first-order valence-electron chi connectivity index (χ1n) is 12.3. The number of Topliss-reactive ketones (excluding diaryl/α,β-unsaturated/α-hetero) is 1. The number of carbonyl (C=O) groups excluding carboxylic acids is 2. The molecule has 3 heterocycles. The smallest absolute Gasteiger partial charge is 0.309 e. The molecule has 3 rings (SSSR count). The molecule has 7 nitrogen and oxygen atoms in total. The molecule has 1 aromatic rings. The maximum atomic E-state index is 13.2. The highest BCUT2D eigenvalue weighted by Crippen LogP contribution is 2.36. The van der Waals surface area contributed by atoms with Crippen LogP contribution in [0.2, 0.25) is 0 Å². The number of fused-ring (bicyclic) bond motifs is 1. The molecule has 0 unspecified atom stereocenters. The molecule has 2 N–H and O–H groups in total. The van der Waals surface area contributed by atoms with Crippen molar-refractivity contribution < 1.29 is 29.3 Å². The number of ether oxygens (including phenoxy) is 2. The van der Waals surface area contributed by atoms with Gasteiger partial charge in [0.15, 0.2) is 0 Å². The average molecular weight is 494 g/mol. The van der Waals surface area contributed by atoms with Gasteiger partial charge in [-0.1, -0.05) is 34.1 Å². The van der Waals surface area contributed by atoms with Crippen LogP contribution in [-0.2, 0) is 19.1 Å². The number of hydrogen-bond acceptors (Lipinski definition) is 8. The predicted molar refractivity (Wildman–Crippen MR) is 131 cm³/mol. The van der Waals surface area contributed by atoms with Gasteiger partial charge in [0, 0.05) is 17.7 Å². The number of rotatable bonds is 2. The fraction of sp³-hybridized carbons (Fsp3) is 0.731. The molecule has 8 heteroatoms. The largest absolute Gasteiger partial charge is 0.458 e. The normalized spacial score (nSPS) is 36.0. The molecule has 2 saturated heterocycles. The first-order valence-corrected chi connectivity index (χ1v) is 13.1. The summed E-state index contributed by atoms with van der Waals surface area (Å²) < 4.78 is 11.7. The SMILES string of the molecule is C/C(=C\c1csc(C)n1)[C@@H]1C[C@@H]2O[C@@H]2CCC[C@H](C)[C@@H](O)[C@@H](C)C(=O)C(C)(C)[C@@H](O)CC(=O)O1. The van der Waals surface area contributed by atoms with Crippen molar-refractivity contribution in [1.82, 2.24) is 4.98 Å². The quantitative estimate of drug-likeness (QED) is 0.472. The molecule has 0 radical (unpaired) electrons. The number of ketones is 1. The van der Waals surface area contributed by atoms with Crippen LogP contribution < -0.4 is 0 Å². The van der Waals surface area contributed by atoms with E-state index in [1.165, 1.54) is 0 Å². The first kappa shape index (κ1) is 27.0. The number of carbonyl (C=O) groups is 2. The fourth-order valence-corrected chi connectivity index (χ4v) is 5.35. The Morgan fingerprint density at radius 3 is 2.56 bits per heavy atom. The van der Waals surface area contributed by atoms with Crippen LogP contribution in [-0.4, -0.2) is 57.5 Å². The van der Waals surface area contributed by atoms with E-state index in [4.69, 9.17) is 9.47 Å². The summed E-state index contributed by atoms with van der Waals surface area (Å²) in [4.78, 5) is 30.5. The molecular weight excluding hydrogens is 454 g/mol. The van der Waals surface area contributed by atoms with E-state index in [2.05, 4.69) is 4.98 Å². The standard InChI is InChI=1S/C26H39NO6S/c1-14-8-7-9-19-21(32-19)11-20(15(2)10-18-13-34-17(4)27-18)33-23(29)12-22(28)26(5,6)25(31)16(3)24(14)30/h10,13-14,16,19-22,24,28,30H,7-9,11-12H2,1-6H3/b15-10+/t14-,16+,19+,20-,21-,22-,24+/m0/s1. The average Bonchev–Trinajstić information content (AvgIpc) is 3.38. The minimum absolute atomic E-state index is 0.00770. The third kappa shape index (κ3) is 6.53. The Balaban J connectivity index is 1.81. The zero-order valence-electron chi connectivity index (χ0n) is 21.1. The number of aliphatic hydroxyl groups is 2. The van der Waals surface area contributed by atoms with Crippen LogP contribution in [0.3, 0.4) is 0 Å². The number of aryl methyl sites for hydroxylation is 1. The molecular formula is C26H39NO6S. The Hall–Kier alpha value is -1.61. The van der Waals surface area contributed by atoms with E-state index < -0.39 is 35.6 Å². The summed E-state index contributed by atoms with van der Waals surface area (Å²) in [6, 6.07) is 0. The maximum Gasteiger partial charge on any atom is 0.309 e. The minimum Gasteiger partial charge on any atom is -0.458 e. The first-order chi connectivity index (χ1) is 15.9. The molecule has 0 bridgehead atoms. The topological polar surface area (TPSA) is 109 Å². The number of nitrogens with zero attached hydrogens (tertiary/aromatic N) is 1. The molecule has 2 aliphatic rings. The second kappa shape index (κ2) is 11.0. The third-order valence-corrected chi connectivity index (χ3v) is 8.20. The van der Waals surface area contributed by atoms with Crippen molar-refractivity contribution >= 4 is 29.2 Å². The van der Waals surface area contributed by atoms with Crippen LogP contribution in [0.15, 0.2) is 11.0 Å². The summed E-state index contributed by atoms with van der Waals surface area (Å²) in [5.41, 5.74) is 0.494. The Kier molecular flexibility index (Phi) is 8.71. The second-order valence-electron chi connectivity index (χ2n) is 10.6. The summed E-state index contributed by atoms with van der Waals surface area (Å²) in [6.07, 6.45) is 2.28.